The first-order valence-electron chi connectivity index (χ1n) is 8.75. The van der Waals surface area contributed by atoms with Gasteiger partial charge in [0.1, 0.15) is 5.82 Å². The molecule has 0 saturated carbocycles. The molecule has 0 amide bonds. The molecule has 0 aromatic carbocycles. The molecular formula is C18H29N3O2. The number of hydrogen-bond acceptors (Lipinski definition) is 5. The summed E-state index contributed by atoms with van der Waals surface area (Å²) in [7, 11) is 3.78. The van der Waals surface area contributed by atoms with E-state index in [1.54, 1.807) is 7.11 Å². The lowest BCUT2D eigenvalue weighted by molar-refractivity contribution is -0.0676. The third kappa shape index (κ3) is 4.43. The highest BCUT2D eigenvalue weighted by molar-refractivity contribution is 5.38. The zero-order valence-electron chi connectivity index (χ0n) is 14.4. The van der Waals surface area contributed by atoms with Crippen molar-refractivity contribution >= 4 is 5.82 Å². The summed E-state index contributed by atoms with van der Waals surface area (Å²) >= 11 is 0. The van der Waals surface area contributed by atoms with E-state index in [4.69, 9.17) is 9.47 Å². The van der Waals surface area contributed by atoms with E-state index in [2.05, 4.69) is 34.0 Å². The summed E-state index contributed by atoms with van der Waals surface area (Å²) in [5.74, 6) is 1.73. The molecule has 2 fully saturated rings. The molecule has 3 rings (SSSR count). The SMILES string of the molecule is COCCN(C)c1ccc(CN2CC[C@H]3OCCC[C@@H]3C2)cn1. The van der Waals surface area contributed by atoms with Crippen LogP contribution in [0.15, 0.2) is 18.3 Å². The van der Waals surface area contributed by atoms with Gasteiger partial charge in [-0.15, -0.1) is 0 Å². The zero-order chi connectivity index (χ0) is 16.1. The van der Waals surface area contributed by atoms with E-state index in [-0.39, 0.29) is 0 Å². The Bertz CT molecular complexity index is 480. The van der Waals surface area contributed by atoms with Crippen LogP contribution in [0.25, 0.3) is 0 Å². The topological polar surface area (TPSA) is 37.8 Å². The third-order valence-electron chi connectivity index (χ3n) is 5.04. The van der Waals surface area contributed by atoms with E-state index in [0.717, 1.165) is 44.6 Å². The highest BCUT2D eigenvalue weighted by Crippen LogP contribution is 2.29. The Morgan fingerprint density at radius 3 is 3.09 bits per heavy atom. The van der Waals surface area contributed by atoms with Crippen LogP contribution in [0, 0.1) is 5.92 Å². The van der Waals surface area contributed by atoms with E-state index in [9.17, 15) is 0 Å². The number of nitrogens with zero attached hydrogens (tertiary/aromatic N) is 3. The second-order valence-electron chi connectivity index (χ2n) is 6.77. The molecule has 5 heteroatoms. The lowest BCUT2D eigenvalue weighted by atomic mass is 9.88. The van der Waals surface area contributed by atoms with Gasteiger partial charge in [0, 0.05) is 53.1 Å². The van der Waals surface area contributed by atoms with Gasteiger partial charge in [-0.25, -0.2) is 4.98 Å². The summed E-state index contributed by atoms with van der Waals surface area (Å²) in [6.45, 7) is 5.84. The van der Waals surface area contributed by atoms with Crippen molar-refractivity contribution in [1.29, 1.82) is 0 Å². The zero-order valence-corrected chi connectivity index (χ0v) is 14.4. The van der Waals surface area contributed by atoms with Crippen molar-refractivity contribution in [3.63, 3.8) is 0 Å². The number of likely N-dealkylation sites (tertiary alicyclic amines) is 1. The maximum Gasteiger partial charge on any atom is 0.128 e. The average molecular weight is 319 g/mol. The highest BCUT2D eigenvalue weighted by atomic mass is 16.5. The molecule has 2 saturated heterocycles. The number of hydrogen-bond donors (Lipinski definition) is 0. The number of methoxy groups -OCH3 is 1. The minimum atomic E-state index is 0.509. The van der Waals surface area contributed by atoms with Crippen LogP contribution in [0.4, 0.5) is 5.82 Å². The smallest absolute Gasteiger partial charge is 0.128 e. The second kappa shape index (κ2) is 8.08. The first kappa shape index (κ1) is 16.7. The third-order valence-corrected chi connectivity index (χ3v) is 5.04. The molecule has 2 atom stereocenters. The van der Waals surface area contributed by atoms with Crippen LogP contribution in [-0.2, 0) is 16.0 Å². The summed E-state index contributed by atoms with van der Waals surface area (Å²) in [5.41, 5.74) is 1.30. The van der Waals surface area contributed by atoms with Crippen molar-refractivity contribution in [3.8, 4) is 0 Å². The molecule has 0 spiro atoms. The highest BCUT2D eigenvalue weighted by Gasteiger charge is 2.31. The quantitative estimate of drug-likeness (QED) is 0.803. The summed E-state index contributed by atoms with van der Waals surface area (Å²) < 4.78 is 11.0. The van der Waals surface area contributed by atoms with Gasteiger partial charge >= 0.3 is 0 Å². The lowest BCUT2D eigenvalue weighted by Gasteiger charge is -2.41. The first-order valence-corrected chi connectivity index (χ1v) is 8.75. The lowest BCUT2D eigenvalue weighted by Crippen LogP contribution is -2.45. The Balaban J connectivity index is 1.52. The minimum absolute atomic E-state index is 0.509. The number of aromatic nitrogens is 1. The van der Waals surface area contributed by atoms with Gasteiger partial charge in [0.05, 0.1) is 12.7 Å². The van der Waals surface area contributed by atoms with Gasteiger partial charge in [-0.1, -0.05) is 6.07 Å². The molecule has 0 unspecified atom stereocenters. The fourth-order valence-corrected chi connectivity index (χ4v) is 3.64. The number of likely N-dealkylation sites (N-methyl/N-ethyl adjacent to an activating group) is 1. The maximum atomic E-state index is 5.90. The number of fused-ring (bicyclic) bond motifs is 1. The van der Waals surface area contributed by atoms with Crippen molar-refractivity contribution in [1.82, 2.24) is 9.88 Å². The predicted octanol–water partition coefficient (Wildman–Crippen LogP) is 2.17. The Kier molecular flexibility index (Phi) is 5.86. The average Bonchev–Trinajstić information content (AvgIpc) is 2.60. The van der Waals surface area contributed by atoms with Crippen LogP contribution in [0.5, 0.6) is 0 Å². The van der Waals surface area contributed by atoms with Gasteiger partial charge in [0.15, 0.2) is 0 Å². The van der Waals surface area contributed by atoms with Crippen LogP contribution in [0.3, 0.4) is 0 Å². The predicted molar refractivity (Wildman–Crippen MR) is 91.7 cm³/mol. The van der Waals surface area contributed by atoms with E-state index in [1.165, 1.54) is 31.4 Å². The molecular weight excluding hydrogens is 290 g/mol. The van der Waals surface area contributed by atoms with Crippen molar-refractivity contribution in [2.45, 2.75) is 31.9 Å². The number of pyridine rings is 1. The number of rotatable bonds is 6. The molecule has 23 heavy (non-hydrogen) atoms. The van der Waals surface area contributed by atoms with Gasteiger partial charge in [-0.3, -0.25) is 4.90 Å². The Morgan fingerprint density at radius 1 is 1.39 bits per heavy atom. The van der Waals surface area contributed by atoms with Gasteiger partial charge in [-0.2, -0.15) is 0 Å². The van der Waals surface area contributed by atoms with E-state index >= 15 is 0 Å². The molecule has 2 aliphatic rings. The molecule has 1 aromatic heterocycles. The number of ether oxygens (including phenoxy) is 2. The molecule has 1 aromatic rings. The Morgan fingerprint density at radius 2 is 2.30 bits per heavy atom. The first-order chi connectivity index (χ1) is 11.3. The van der Waals surface area contributed by atoms with Crippen molar-refractivity contribution < 1.29 is 9.47 Å². The number of anilines is 1. The van der Waals surface area contributed by atoms with Crippen LogP contribution < -0.4 is 4.90 Å². The fourth-order valence-electron chi connectivity index (χ4n) is 3.64. The monoisotopic (exact) mass is 319 g/mol. The Labute approximate surface area is 139 Å². The van der Waals surface area contributed by atoms with Gasteiger partial charge in [0.25, 0.3) is 0 Å². The van der Waals surface area contributed by atoms with Crippen LogP contribution in [-0.4, -0.2) is 63.0 Å². The van der Waals surface area contributed by atoms with Crippen molar-refractivity contribution in [3.05, 3.63) is 23.9 Å². The maximum absolute atomic E-state index is 5.90. The molecule has 0 N–H and O–H groups in total. The molecule has 0 aliphatic carbocycles. The standard InChI is InChI=1S/C18H29N3O2/c1-20(9-11-22-2)18-6-5-15(12-19-18)13-21-8-7-17-16(14-21)4-3-10-23-17/h5-6,12,16-17H,3-4,7-11,13-14H2,1-2H3/t16-,17-/m1/s1. The molecule has 0 radical (unpaired) electrons. The normalized spacial score (nSPS) is 25.1. The van der Waals surface area contributed by atoms with Crippen LogP contribution in [0.2, 0.25) is 0 Å². The van der Waals surface area contributed by atoms with E-state index < -0.39 is 0 Å². The largest absolute Gasteiger partial charge is 0.383 e. The molecule has 3 heterocycles. The van der Waals surface area contributed by atoms with Crippen LogP contribution >= 0.6 is 0 Å². The molecule has 2 aliphatic heterocycles. The van der Waals surface area contributed by atoms with E-state index in [1.807, 2.05) is 6.20 Å². The summed E-state index contributed by atoms with van der Waals surface area (Å²) in [6.07, 6.45) is 6.25. The summed E-state index contributed by atoms with van der Waals surface area (Å²) in [6, 6.07) is 4.32. The van der Waals surface area contributed by atoms with Crippen LogP contribution in [0.1, 0.15) is 24.8 Å². The second-order valence-corrected chi connectivity index (χ2v) is 6.77. The van der Waals surface area contributed by atoms with E-state index in [0.29, 0.717) is 6.10 Å². The summed E-state index contributed by atoms with van der Waals surface area (Å²) in [5, 5.41) is 0. The molecule has 0 bridgehead atoms. The van der Waals surface area contributed by atoms with Crippen molar-refractivity contribution in [2.24, 2.45) is 5.92 Å². The fraction of sp³-hybridized carbons (Fsp3) is 0.722. The minimum Gasteiger partial charge on any atom is -0.383 e. The Hall–Kier alpha value is -1.17. The molecule has 5 nitrogen and oxygen atoms in total. The van der Waals surface area contributed by atoms with Gasteiger partial charge < -0.3 is 14.4 Å². The summed E-state index contributed by atoms with van der Waals surface area (Å²) in [4.78, 5) is 9.28. The number of piperidine rings is 1. The van der Waals surface area contributed by atoms with Gasteiger partial charge in [0.2, 0.25) is 0 Å². The van der Waals surface area contributed by atoms with Gasteiger partial charge in [-0.05, 0) is 36.8 Å². The van der Waals surface area contributed by atoms with Crippen molar-refractivity contribution in [2.75, 3.05) is 51.9 Å². The molecule has 128 valence electrons.